The van der Waals surface area contributed by atoms with E-state index in [4.69, 9.17) is 4.74 Å². The van der Waals surface area contributed by atoms with Crippen LogP contribution in [0, 0.1) is 6.92 Å². The van der Waals surface area contributed by atoms with Crippen molar-refractivity contribution in [3.05, 3.63) is 94.9 Å². The lowest BCUT2D eigenvalue weighted by molar-refractivity contribution is -0.119. The van der Waals surface area contributed by atoms with Crippen molar-refractivity contribution in [3.63, 3.8) is 0 Å². The molecule has 0 aliphatic carbocycles. The molecule has 0 saturated carbocycles. The summed E-state index contributed by atoms with van der Waals surface area (Å²) in [6.45, 7) is 5.89. The van der Waals surface area contributed by atoms with E-state index in [-0.39, 0.29) is 17.9 Å². The van der Waals surface area contributed by atoms with Crippen LogP contribution in [0.25, 0.3) is 5.57 Å². The normalized spacial score (nSPS) is 14.0. The Kier molecular flexibility index (Phi) is 5.96. The van der Waals surface area contributed by atoms with Gasteiger partial charge in [0.1, 0.15) is 5.75 Å². The second-order valence-corrected chi connectivity index (χ2v) is 8.68. The Labute approximate surface area is 186 Å². The van der Waals surface area contributed by atoms with Crippen LogP contribution in [0.5, 0.6) is 5.75 Å². The number of aryl methyl sites for hydroxylation is 1. The molecule has 5 heteroatoms. The van der Waals surface area contributed by atoms with Gasteiger partial charge < -0.3 is 4.74 Å². The smallest absolute Gasteiger partial charge is 0.272 e. The van der Waals surface area contributed by atoms with Crippen LogP contribution in [0.4, 0.5) is 5.69 Å². The minimum Gasteiger partial charge on any atom is -0.491 e. The summed E-state index contributed by atoms with van der Waals surface area (Å²) in [7, 11) is 0. The van der Waals surface area contributed by atoms with Crippen LogP contribution in [-0.4, -0.2) is 17.9 Å². The first kappa shape index (κ1) is 20.9. The summed E-state index contributed by atoms with van der Waals surface area (Å²) in [5, 5.41) is 0. The highest BCUT2D eigenvalue weighted by Crippen LogP contribution is 2.41. The lowest BCUT2D eigenvalue weighted by Crippen LogP contribution is -2.31. The Bertz CT molecular complexity index is 1130. The minimum atomic E-state index is -0.315. The number of benzene rings is 3. The predicted octanol–water partition coefficient (Wildman–Crippen LogP) is 5.86. The zero-order valence-electron chi connectivity index (χ0n) is 17.7. The van der Waals surface area contributed by atoms with Crippen molar-refractivity contribution in [2.24, 2.45) is 0 Å². The Balaban J connectivity index is 1.74. The third kappa shape index (κ3) is 4.42. The lowest BCUT2D eigenvalue weighted by atomic mass is 10.0. The van der Waals surface area contributed by atoms with Crippen LogP contribution in [0.2, 0.25) is 0 Å². The van der Waals surface area contributed by atoms with E-state index in [1.54, 1.807) is 24.3 Å². The quantitative estimate of drug-likeness (QED) is 0.461. The van der Waals surface area contributed by atoms with E-state index in [0.717, 1.165) is 16.0 Å². The number of imide groups is 1. The molecule has 4 nitrogen and oxygen atoms in total. The Hall–Kier alpha value is -3.31. The summed E-state index contributed by atoms with van der Waals surface area (Å²) in [4.78, 5) is 29.5. The molecule has 0 radical (unpaired) electrons. The molecule has 0 saturated heterocycles. The number of hydrogen-bond donors (Lipinski definition) is 0. The topological polar surface area (TPSA) is 46.6 Å². The molecule has 0 spiro atoms. The monoisotopic (exact) mass is 429 g/mol. The first-order valence-corrected chi connectivity index (χ1v) is 11.0. The number of anilines is 1. The third-order valence-corrected chi connectivity index (χ3v) is 5.90. The molecule has 3 aromatic rings. The van der Waals surface area contributed by atoms with Crippen molar-refractivity contribution >= 4 is 34.8 Å². The van der Waals surface area contributed by atoms with Crippen LogP contribution in [0.1, 0.15) is 25.0 Å². The Morgan fingerprint density at radius 1 is 0.806 bits per heavy atom. The number of carbonyl (C=O) groups is 2. The van der Waals surface area contributed by atoms with Crippen molar-refractivity contribution in [1.29, 1.82) is 0 Å². The lowest BCUT2D eigenvalue weighted by Gasteiger charge is -2.16. The largest absolute Gasteiger partial charge is 0.491 e. The summed E-state index contributed by atoms with van der Waals surface area (Å²) in [6, 6.07) is 24.4. The Morgan fingerprint density at radius 2 is 1.45 bits per heavy atom. The molecule has 156 valence electrons. The van der Waals surface area contributed by atoms with Gasteiger partial charge in [0.2, 0.25) is 0 Å². The first-order chi connectivity index (χ1) is 14.9. The van der Waals surface area contributed by atoms with Crippen LogP contribution in [0.15, 0.2) is 88.7 Å². The van der Waals surface area contributed by atoms with Gasteiger partial charge in [0, 0.05) is 4.90 Å². The summed E-state index contributed by atoms with van der Waals surface area (Å²) in [5.74, 6) is 0.0696. The molecule has 1 aliphatic rings. The zero-order valence-corrected chi connectivity index (χ0v) is 18.5. The molecular weight excluding hydrogens is 406 g/mol. The van der Waals surface area contributed by atoms with E-state index < -0.39 is 0 Å². The SMILES string of the molecule is Cc1ccc(C2=C(Sc3ccccc3)C(=O)N(c3ccc(OC(C)C)cc3)C2=O)cc1. The number of ether oxygens (including phenoxy) is 1. The number of rotatable bonds is 6. The second-order valence-electron chi connectivity index (χ2n) is 7.59. The van der Waals surface area contributed by atoms with Gasteiger partial charge in [-0.2, -0.15) is 0 Å². The molecule has 0 atom stereocenters. The van der Waals surface area contributed by atoms with Gasteiger partial charge in [0.05, 0.1) is 22.3 Å². The molecule has 31 heavy (non-hydrogen) atoms. The van der Waals surface area contributed by atoms with E-state index in [1.165, 1.54) is 16.7 Å². The van der Waals surface area contributed by atoms with Crippen molar-refractivity contribution in [2.75, 3.05) is 4.90 Å². The maximum Gasteiger partial charge on any atom is 0.272 e. The van der Waals surface area contributed by atoms with Crippen LogP contribution < -0.4 is 9.64 Å². The maximum atomic E-state index is 13.5. The fourth-order valence-corrected chi connectivity index (χ4v) is 4.38. The van der Waals surface area contributed by atoms with Crippen LogP contribution >= 0.6 is 11.8 Å². The molecule has 1 heterocycles. The van der Waals surface area contributed by atoms with E-state index in [1.807, 2.05) is 75.4 Å². The standard InChI is InChI=1S/C26H23NO3S/c1-17(2)30-21-15-13-20(14-16-21)27-25(28)23(19-11-9-18(3)10-12-19)24(26(27)29)31-22-7-5-4-6-8-22/h4-17H,1-3H3. The van der Waals surface area contributed by atoms with Gasteiger partial charge in [-0.3, -0.25) is 9.59 Å². The first-order valence-electron chi connectivity index (χ1n) is 10.1. The average Bonchev–Trinajstić information content (AvgIpc) is 2.99. The van der Waals surface area contributed by atoms with Gasteiger partial charge in [-0.25, -0.2) is 4.90 Å². The van der Waals surface area contributed by atoms with Gasteiger partial charge >= 0.3 is 0 Å². The van der Waals surface area contributed by atoms with E-state index >= 15 is 0 Å². The molecule has 0 unspecified atom stereocenters. The molecule has 3 aromatic carbocycles. The molecule has 1 aliphatic heterocycles. The number of nitrogens with zero attached hydrogens (tertiary/aromatic N) is 1. The fraction of sp³-hybridized carbons (Fsp3) is 0.154. The van der Waals surface area contributed by atoms with Gasteiger partial charge in [-0.15, -0.1) is 0 Å². The molecule has 0 aromatic heterocycles. The summed E-state index contributed by atoms with van der Waals surface area (Å²) in [6.07, 6.45) is 0.0459. The van der Waals surface area contributed by atoms with Crippen molar-refractivity contribution in [3.8, 4) is 5.75 Å². The number of hydrogen-bond acceptors (Lipinski definition) is 4. The Morgan fingerprint density at radius 3 is 2.06 bits per heavy atom. The fourth-order valence-electron chi connectivity index (χ4n) is 3.37. The molecule has 4 rings (SSSR count). The molecular formula is C26H23NO3S. The van der Waals surface area contributed by atoms with Gasteiger partial charge in [0.25, 0.3) is 11.8 Å². The highest BCUT2D eigenvalue weighted by molar-refractivity contribution is 8.04. The summed E-state index contributed by atoms with van der Waals surface area (Å²) < 4.78 is 5.68. The molecule has 2 amide bonds. The van der Waals surface area contributed by atoms with Crippen LogP contribution in [0.3, 0.4) is 0 Å². The van der Waals surface area contributed by atoms with Crippen molar-refractivity contribution < 1.29 is 14.3 Å². The highest BCUT2D eigenvalue weighted by Gasteiger charge is 2.40. The summed E-state index contributed by atoms with van der Waals surface area (Å²) >= 11 is 1.32. The highest BCUT2D eigenvalue weighted by atomic mass is 32.2. The van der Waals surface area contributed by atoms with Crippen molar-refractivity contribution in [2.45, 2.75) is 31.8 Å². The number of thioether (sulfide) groups is 1. The van der Waals surface area contributed by atoms with Gasteiger partial charge in [-0.1, -0.05) is 59.8 Å². The zero-order chi connectivity index (χ0) is 22.0. The number of carbonyl (C=O) groups excluding carboxylic acids is 2. The minimum absolute atomic E-state index is 0.0459. The molecule has 0 bridgehead atoms. The van der Waals surface area contributed by atoms with E-state index in [2.05, 4.69) is 0 Å². The van der Waals surface area contributed by atoms with E-state index in [9.17, 15) is 9.59 Å². The summed E-state index contributed by atoms with van der Waals surface area (Å²) in [5.41, 5.74) is 2.79. The van der Waals surface area contributed by atoms with E-state index in [0.29, 0.717) is 21.9 Å². The number of amides is 2. The molecule has 0 fully saturated rings. The third-order valence-electron chi connectivity index (χ3n) is 4.81. The predicted molar refractivity (Wildman–Crippen MR) is 125 cm³/mol. The maximum absolute atomic E-state index is 13.5. The van der Waals surface area contributed by atoms with Crippen molar-refractivity contribution in [1.82, 2.24) is 0 Å². The van der Waals surface area contributed by atoms with Crippen LogP contribution in [-0.2, 0) is 9.59 Å². The average molecular weight is 430 g/mol. The van der Waals surface area contributed by atoms with Gasteiger partial charge in [0.15, 0.2) is 0 Å². The second kappa shape index (κ2) is 8.82. The molecule has 0 N–H and O–H groups in total. The van der Waals surface area contributed by atoms with Gasteiger partial charge in [-0.05, 0) is 62.7 Å².